The molecule has 0 unspecified atom stereocenters. The fourth-order valence-electron chi connectivity index (χ4n) is 1.20. The van der Waals surface area contributed by atoms with Crippen molar-refractivity contribution in [3.05, 3.63) is 24.3 Å². The minimum Gasteiger partial charge on any atom is -0.508 e. The summed E-state index contributed by atoms with van der Waals surface area (Å²) in [5, 5.41) is 11.8. The van der Waals surface area contributed by atoms with E-state index in [1.807, 2.05) is 0 Å². The molecule has 1 aliphatic carbocycles. The summed E-state index contributed by atoms with van der Waals surface area (Å²) in [6.45, 7) is 0. The number of anilines is 1. The largest absolute Gasteiger partial charge is 0.508 e. The third-order valence-electron chi connectivity index (χ3n) is 2.34. The average molecular weight is 192 g/mol. The maximum Gasteiger partial charge on any atom is 0.244 e. The van der Waals surface area contributed by atoms with Crippen LogP contribution in [0.15, 0.2) is 24.3 Å². The van der Waals surface area contributed by atoms with Crippen molar-refractivity contribution < 1.29 is 9.90 Å². The van der Waals surface area contributed by atoms with Crippen LogP contribution in [0.1, 0.15) is 12.8 Å². The molecule has 0 aliphatic heterocycles. The molecule has 1 saturated carbocycles. The second-order valence-electron chi connectivity index (χ2n) is 3.66. The Morgan fingerprint density at radius 1 is 1.50 bits per heavy atom. The van der Waals surface area contributed by atoms with Crippen LogP contribution in [0, 0.1) is 0 Å². The lowest BCUT2D eigenvalue weighted by Crippen LogP contribution is -2.37. The van der Waals surface area contributed by atoms with E-state index in [1.165, 1.54) is 6.07 Å². The topological polar surface area (TPSA) is 75.4 Å². The van der Waals surface area contributed by atoms with Crippen LogP contribution in [0.25, 0.3) is 0 Å². The molecule has 1 amide bonds. The molecule has 0 aromatic heterocycles. The fraction of sp³-hybridized carbons (Fsp3) is 0.300. The summed E-state index contributed by atoms with van der Waals surface area (Å²) in [4.78, 5) is 11.5. The number of benzene rings is 1. The Balaban J connectivity index is 2.07. The van der Waals surface area contributed by atoms with Gasteiger partial charge in [0.25, 0.3) is 0 Å². The molecule has 4 nitrogen and oxygen atoms in total. The van der Waals surface area contributed by atoms with Gasteiger partial charge in [0, 0.05) is 11.8 Å². The first-order valence-electron chi connectivity index (χ1n) is 4.49. The van der Waals surface area contributed by atoms with Crippen molar-refractivity contribution in [1.29, 1.82) is 0 Å². The van der Waals surface area contributed by atoms with Crippen LogP contribution in [0.4, 0.5) is 5.69 Å². The number of carbonyl (C=O) groups excluding carboxylic acids is 1. The lowest BCUT2D eigenvalue weighted by Gasteiger charge is -2.09. The smallest absolute Gasteiger partial charge is 0.244 e. The van der Waals surface area contributed by atoms with Crippen molar-refractivity contribution in [2.24, 2.45) is 5.73 Å². The minimum atomic E-state index is -0.675. The highest BCUT2D eigenvalue weighted by atomic mass is 16.3. The molecule has 0 saturated heterocycles. The van der Waals surface area contributed by atoms with E-state index >= 15 is 0 Å². The number of nitrogens with one attached hydrogen (secondary N) is 1. The molecule has 0 bridgehead atoms. The zero-order valence-corrected chi connectivity index (χ0v) is 7.66. The molecule has 0 radical (unpaired) electrons. The second kappa shape index (κ2) is 2.99. The quantitative estimate of drug-likeness (QED) is 0.649. The van der Waals surface area contributed by atoms with Crippen LogP contribution in [0.5, 0.6) is 5.75 Å². The minimum absolute atomic E-state index is 0.129. The van der Waals surface area contributed by atoms with Gasteiger partial charge in [0.05, 0.1) is 5.54 Å². The van der Waals surface area contributed by atoms with Gasteiger partial charge in [0.2, 0.25) is 5.91 Å². The monoisotopic (exact) mass is 192 g/mol. The van der Waals surface area contributed by atoms with Crippen LogP contribution in [-0.4, -0.2) is 16.6 Å². The van der Waals surface area contributed by atoms with Gasteiger partial charge in [-0.15, -0.1) is 0 Å². The van der Waals surface area contributed by atoms with Gasteiger partial charge in [0.1, 0.15) is 5.75 Å². The van der Waals surface area contributed by atoms with Crippen LogP contribution < -0.4 is 11.1 Å². The summed E-state index contributed by atoms with van der Waals surface area (Å²) in [5.74, 6) is -0.0484. The molecule has 0 atom stereocenters. The predicted molar refractivity (Wildman–Crippen MR) is 52.9 cm³/mol. The molecule has 1 fully saturated rings. The normalized spacial score (nSPS) is 17.5. The zero-order valence-electron chi connectivity index (χ0n) is 7.66. The maximum atomic E-state index is 11.5. The Kier molecular flexibility index (Phi) is 1.93. The first-order chi connectivity index (χ1) is 6.60. The number of amides is 1. The van der Waals surface area contributed by atoms with Crippen LogP contribution in [0.2, 0.25) is 0 Å². The predicted octanol–water partition coefficient (Wildman–Crippen LogP) is 0.822. The first kappa shape index (κ1) is 9.02. The van der Waals surface area contributed by atoms with Gasteiger partial charge in [-0.25, -0.2) is 0 Å². The van der Waals surface area contributed by atoms with Gasteiger partial charge in [-0.1, -0.05) is 6.07 Å². The van der Waals surface area contributed by atoms with E-state index in [1.54, 1.807) is 18.2 Å². The number of hydrogen-bond donors (Lipinski definition) is 3. The lowest BCUT2D eigenvalue weighted by atomic mass is 10.2. The standard InChI is InChI=1S/C10H12N2O2/c11-10(4-5-10)9(14)12-7-2-1-3-8(13)6-7/h1-3,6,13H,4-5,11H2,(H,12,14). The zero-order chi connectivity index (χ0) is 10.2. The van der Waals surface area contributed by atoms with Gasteiger partial charge in [-0.2, -0.15) is 0 Å². The molecule has 0 spiro atoms. The number of carbonyl (C=O) groups is 1. The Hall–Kier alpha value is -1.55. The van der Waals surface area contributed by atoms with Crippen LogP contribution in [0.3, 0.4) is 0 Å². The van der Waals surface area contributed by atoms with E-state index in [9.17, 15) is 4.79 Å². The highest BCUT2D eigenvalue weighted by molar-refractivity contribution is 6.00. The van der Waals surface area contributed by atoms with Gasteiger partial charge in [-0.05, 0) is 25.0 Å². The Bertz CT molecular complexity index is 372. The number of rotatable bonds is 2. The second-order valence-corrected chi connectivity index (χ2v) is 3.66. The van der Waals surface area contributed by atoms with Crippen LogP contribution >= 0.6 is 0 Å². The molecular formula is C10H12N2O2. The molecule has 0 heterocycles. The molecule has 1 aromatic carbocycles. The molecule has 74 valence electrons. The fourth-order valence-corrected chi connectivity index (χ4v) is 1.20. The number of phenols is 1. The van der Waals surface area contributed by atoms with E-state index in [-0.39, 0.29) is 11.7 Å². The number of aromatic hydroxyl groups is 1. The van der Waals surface area contributed by atoms with Crippen LogP contribution in [-0.2, 0) is 4.79 Å². The van der Waals surface area contributed by atoms with Crippen molar-refractivity contribution in [3.8, 4) is 5.75 Å². The lowest BCUT2D eigenvalue weighted by molar-refractivity contribution is -0.118. The van der Waals surface area contributed by atoms with Gasteiger partial charge in [-0.3, -0.25) is 4.79 Å². The molecule has 4 heteroatoms. The summed E-state index contributed by atoms with van der Waals surface area (Å²) in [6, 6.07) is 6.42. The molecule has 4 N–H and O–H groups in total. The van der Waals surface area contributed by atoms with E-state index in [4.69, 9.17) is 10.8 Å². The van der Waals surface area contributed by atoms with Gasteiger partial charge >= 0.3 is 0 Å². The van der Waals surface area contributed by atoms with Crippen molar-refractivity contribution in [3.63, 3.8) is 0 Å². The third kappa shape index (κ3) is 1.70. The van der Waals surface area contributed by atoms with Crippen molar-refractivity contribution >= 4 is 11.6 Å². The first-order valence-corrected chi connectivity index (χ1v) is 4.49. The summed E-state index contributed by atoms with van der Waals surface area (Å²) in [6.07, 6.45) is 1.47. The number of nitrogens with two attached hydrogens (primary N) is 1. The highest BCUT2D eigenvalue weighted by Crippen LogP contribution is 2.33. The third-order valence-corrected chi connectivity index (χ3v) is 2.34. The molecule has 2 rings (SSSR count). The Morgan fingerprint density at radius 3 is 2.79 bits per heavy atom. The molecule has 1 aliphatic rings. The summed E-state index contributed by atoms with van der Waals surface area (Å²) in [5.41, 5.74) is 5.60. The molecule has 14 heavy (non-hydrogen) atoms. The average Bonchev–Trinajstić information content (AvgIpc) is 2.85. The SMILES string of the molecule is NC1(C(=O)Nc2cccc(O)c2)CC1. The van der Waals surface area contributed by atoms with Crippen molar-refractivity contribution in [2.45, 2.75) is 18.4 Å². The summed E-state index contributed by atoms with van der Waals surface area (Å²) in [7, 11) is 0. The van der Waals surface area contributed by atoms with E-state index < -0.39 is 5.54 Å². The van der Waals surface area contributed by atoms with Gasteiger partial charge < -0.3 is 16.2 Å². The Labute approximate surface area is 81.7 Å². The van der Waals surface area contributed by atoms with Gasteiger partial charge in [0.15, 0.2) is 0 Å². The maximum absolute atomic E-state index is 11.5. The van der Waals surface area contributed by atoms with E-state index in [0.717, 1.165) is 12.8 Å². The van der Waals surface area contributed by atoms with E-state index in [2.05, 4.69) is 5.32 Å². The van der Waals surface area contributed by atoms with E-state index in [0.29, 0.717) is 5.69 Å². The molecular weight excluding hydrogens is 180 g/mol. The summed E-state index contributed by atoms with van der Waals surface area (Å²) < 4.78 is 0. The molecule has 1 aromatic rings. The summed E-state index contributed by atoms with van der Waals surface area (Å²) >= 11 is 0. The highest BCUT2D eigenvalue weighted by Gasteiger charge is 2.45. The number of phenolic OH excluding ortho intramolecular Hbond substituents is 1. The van der Waals surface area contributed by atoms with Crippen molar-refractivity contribution in [1.82, 2.24) is 0 Å². The Morgan fingerprint density at radius 2 is 2.21 bits per heavy atom. The van der Waals surface area contributed by atoms with Crippen molar-refractivity contribution in [2.75, 3.05) is 5.32 Å². The number of hydrogen-bond acceptors (Lipinski definition) is 3.